The summed E-state index contributed by atoms with van der Waals surface area (Å²) in [5.41, 5.74) is -0.277. The molecule has 114 valence electrons. The second-order valence-corrected chi connectivity index (χ2v) is 34.5. The quantitative estimate of drug-likeness (QED) is 0.691. The molecule has 0 aromatic carbocycles. The summed E-state index contributed by atoms with van der Waals surface area (Å²) in [6, 6.07) is 1.01. The molecule has 0 aromatic heterocycles. The molecular weight excluding hydrogens is 301 g/mol. The highest BCUT2D eigenvalue weighted by atomic mass is 29.6. The Bertz CT molecular complexity index is 347. The van der Waals surface area contributed by atoms with Crippen LogP contribution < -0.4 is 0 Å². The summed E-state index contributed by atoms with van der Waals surface area (Å²) in [7, 11) is -5.73. The van der Waals surface area contributed by atoms with Crippen molar-refractivity contribution in [2.75, 3.05) is 0 Å². The Morgan fingerprint density at radius 1 is 1.05 bits per heavy atom. The minimum Gasteiger partial charge on any atom is -0.415 e. The largest absolute Gasteiger partial charge is 0.415 e. The lowest BCUT2D eigenvalue weighted by atomic mass is 10.2. The lowest BCUT2D eigenvalue weighted by Gasteiger charge is -2.59. The van der Waals surface area contributed by atoms with E-state index in [9.17, 15) is 13.2 Å². The third-order valence-electron chi connectivity index (χ3n) is 5.24. The van der Waals surface area contributed by atoms with E-state index in [0.29, 0.717) is 0 Å². The van der Waals surface area contributed by atoms with Crippen LogP contribution in [-0.2, 0) is 4.43 Å². The zero-order chi connectivity index (χ0) is 15.3. The van der Waals surface area contributed by atoms with Gasteiger partial charge in [-0.25, -0.2) is 13.2 Å². The van der Waals surface area contributed by atoms with E-state index in [0.717, 1.165) is 6.04 Å². The van der Waals surface area contributed by atoms with Crippen LogP contribution >= 0.6 is 0 Å². The summed E-state index contributed by atoms with van der Waals surface area (Å²) in [5, 5.41) is 0. The Morgan fingerprint density at radius 3 is 1.95 bits per heavy atom. The summed E-state index contributed by atoms with van der Waals surface area (Å²) >= 11 is 0. The van der Waals surface area contributed by atoms with Crippen LogP contribution in [0.25, 0.3) is 0 Å². The van der Waals surface area contributed by atoms with Crippen molar-refractivity contribution < 1.29 is 17.6 Å². The molecule has 0 N–H and O–H groups in total. The van der Waals surface area contributed by atoms with Gasteiger partial charge in [-0.05, 0) is 26.4 Å². The maximum atomic E-state index is 13.6. The van der Waals surface area contributed by atoms with Crippen molar-refractivity contribution in [1.29, 1.82) is 0 Å². The summed E-state index contributed by atoms with van der Waals surface area (Å²) in [5.74, 6) is 0. The summed E-state index contributed by atoms with van der Waals surface area (Å²) in [4.78, 5) is 0. The zero-order valence-electron chi connectivity index (χ0n) is 13.1. The van der Waals surface area contributed by atoms with E-state index in [1.165, 1.54) is 0 Å². The smallest absolute Gasteiger partial charge is 0.269 e. The fourth-order valence-corrected chi connectivity index (χ4v) is 36.5. The highest BCUT2D eigenvalue weighted by molar-refractivity contribution is 7.67. The number of halogens is 3. The van der Waals surface area contributed by atoms with Crippen molar-refractivity contribution in [3.8, 4) is 0 Å². The molecule has 0 radical (unpaired) electrons. The number of rotatable bonds is 3. The fourth-order valence-electron chi connectivity index (χ4n) is 3.53. The first-order chi connectivity index (χ1) is 8.24. The lowest BCUT2D eigenvalue weighted by molar-refractivity contribution is 0.0525. The van der Waals surface area contributed by atoms with E-state index >= 15 is 0 Å². The fraction of sp³-hybridized carbons (Fsp3) is 1.00. The van der Waals surface area contributed by atoms with Gasteiger partial charge in [0.2, 0.25) is 0 Å². The van der Waals surface area contributed by atoms with Gasteiger partial charge in [0.25, 0.3) is 6.43 Å². The van der Waals surface area contributed by atoms with Crippen LogP contribution in [-0.4, -0.2) is 40.7 Å². The van der Waals surface area contributed by atoms with Crippen molar-refractivity contribution in [2.45, 2.75) is 76.9 Å². The Morgan fingerprint density at radius 2 is 1.53 bits per heavy atom. The Balaban J connectivity index is 3.13. The molecule has 2 atom stereocenters. The molecule has 1 aliphatic heterocycles. The van der Waals surface area contributed by atoms with Crippen molar-refractivity contribution in [2.24, 2.45) is 0 Å². The van der Waals surface area contributed by atoms with Crippen molar-refractivity contribution in [3.05, 3.63) is 0 Å². The topological polar surface area (TPSA) is 9.23 Å². The van der Waals surface area contributed by atoms with E-state index in [1.807, 2.05) is 20.4 Å². The van der Waals surface area contributed by atoms with Gasteiger partial charge in [0.15, 0.2) is 14.0 Å². The van der Waals surface area contributed by atoms with Gasteiger partial charge in [0.1, 0.15) is 0 Å². The van der Waals surface area contributed by atoms with Crippen LogP contribution in [0.1, 0.15) is 13.8 Å². The average Bonchev–Trinajstić information content (AvgIpc) is 2.11. The molecule has 0 saturated carbocycles. The number of hydrogen-bond acceptors (Lipinski definition) is 1. The molecule has 1 nitrogen and oxygen atoms in total. The van der Waals surface area contributed by atoms with Gasteiger partial charge in [-0.2, -0.15) is 0 Å². The minimum absolute atomic E-state index is 0.0379. The standard InChI is InChI=1S/C12H27F3OSi3/c1-12(2)9-17(3,4)18(5,6)19(7,16-12)8-10(13)11(14)15/h10-11H,8-9H2,1-7H3. The Labute approximate surface area is 117 Å². The Kier molecular flexibility index (Phi) is 4.59. The number of alkyl halides is 3. The highest BCUT2D eigenvalue weighted by Gasteiger charge is 2.63. The second kappa shape index (κ2) is 4.99. The Hall–Kier alpha value is 0.401. The third kappa shape index (κ3) is 3.19. The summed E-state index contributed by atoms with van der Waals surface area (Å²) in [6.45, 7) is 15.2. The van der Waals surface area contributed by atoms with Crippen LogP contribution in [0.5, 0.6) is 0 Å². The average molecular weight is 329 g/mol. The summed E-state index contributed by atoms with van der Waals surface area (Å²) < 4.78 is 45.2. The highest BCUT2D eigenvalue weighted by Crippen LogP contribution is 2.46. The lowest BCUT2D eigenvalue weighted by Crippen LogP contribution is -2.79. The van der Waals surface area contributed by atoms with Crippen LogP contribution in [0.3, 0.4) is 0 Å². The molecule has 0 aromatic rings. The molecule has 7 heteroatoms. The molecule has 1 heterocycles. The van der Waals surface area contributed by atoms with E-state index in [2.05, 4.69) is 26.2 Å². The van der Waals surface area contributed by atoms with Crippen molar-refractivity contribution in [3.63, 3.8) is 0 Å². The normalized spacial score (nSPS) is 34.3. The van der Waals surface area contributed by atoms with Gasteiger partial charge in [0.05, 0.1) is 7.11 Å². The van der Waals surface area contributed by atoms with Crippen molar-refractivity contribution >= 4 is 22.5 Å². The minimum atomic E-state index is -2.88. The summed E-state index contributed by atoms with van der Waals surface area (Å²) in [6.07, 6.45) is -4.91. The molecule has 2 unspecified atom stereocenters. The van der Waals surface area contributed by atoms with Gasteiger partial charge < -0.3 is 4.43 Å². The van der Waals surface area contributed by atoms with Crippen LogP contribution in [0.15, 0.2) is 0 Å². The first-order valence-electron chi connectivity index (χ1n) is 6.87. The molecular formula is C12H27F3OSi3. The van der Waals surface area contributed by atoms with Crippen LogP contribution in [0, 0.1) is 0 Å². The van der Waals surface area contributed by atoms with Gasteiger partial charge in [-0.3, -0.25) is 0 Å². The molecule has 0 amide bonds. The van der Waals surface area contributed by atoms with Gasteiger partial charge >= 0.3 is 0 Å². The molecule has 19 heavy (non-hydrogen) atoms. The second-order valence-electron chi connectivity index (χ2n) is 7.83. The predicted octanol–water partition coefficient (Wildman–Crippen LogP) is 4.55. The molecule has 0 bridgehead atoms. The first kappa shape index (κ1) is 17.5. The molecule has 1 rings (SSSR count). The molecule has 1 aliphatic rings. The van der Waals surface area contributed by atoms with E-state index in [1.54, 1.807) is 0 Å². The monoisotopic (exact) mass is 328 g/mol. The van der Waals surface area contributed by atoms with Crippen molar-refractivity contribution in [1.82, 2.24) is 0 Å². The van der Waals surface area contributed by atoms with Gasteiger partial charge in [0, 0.05) is 19.2 Å². The van der Waals surface area contributed by atoms with Crippen LogP contribution in [0.4, 0.5) is 13.2 Å². The van der Waals surface area contributed by atoms with Gasteiger partial charge in [-0.15, -0.1) is 0 Å². The van der Waals surface area contributed by atoms with E-state index in [4.69, 9.17) is 4.43 Å². The zero-order valence-corrected chi connectivity index (χ0v) is 16.1. The molecule has 1 fully saturated rings. The molecule has 1 saturated heterocycles. The maximum absolute atomic E-state index is 13.6. The predicted molar refractivity (Wildman–Crippen MR) is 82.3 cm³/mol. The van der Waals surface area contributed by atoms with E-state index in [-0.39, 0.29) is 11.6 Å². The molecule has 0 spiro atoms. The first-order valence-corrected chi connectivity index (χ1v) is 17.7. The molecule has 0 aliphatic carbocycles. The maximum Gasteiger partial charge on any atom is 0.269 e. The number of hydrogen-bond donors (Lipinski definition) is 0. The third-order valence-corrected chi connectivity index (χ3v) is 45.6. The van der Waals surface area contributed by atoms with Gasteiger partial charge in [-0.1, -0.05) is 26.2 Å². The SMILES string of the molecule is CC1(C)C[Si](C)(C)[Si](C)(C)[Si](C)(CC(F)C(F)F)O1. The van der Waals surface area contributed by atoms with E-state index < -0.39 is 35.1 Å². The van der Waals surface area contributed by atoms with Crippen LogP contribution in [0.2, 0.25) is 44.8 Å².